The first-order valence-electron chi connectivity index (χ1n) is 4.10. The van der Waals surface area contributed by atoms with Crippen molar-refractivity contribution in [3.63, 3.8) is 0 Å². The first kappa shape index (κ1) is 7.61. The van der Waals surface area contributed by atoms with E-state index in [2.05, 4.69) is 9.97 Å². The van der Waals surface area contributed by atoms with Crippen molar-refractivity contribution in [2.24, 2.45) is 0 Å². The molecule has 1 atom stereocenters. The van der Waals surface area contributed by atoms with Gasteiger partial charge in [-0.3, -0.25) is 0 Å². The monoisotopic (exact) mass is 168 g/mol. The molecule has 1 aliphatic rings. The molecule has 1 aromatic heterocycles. The fraction of sp³-hybridized carbons (Fsp3) is 0.625. The van der Waals surface area contributed by atoms with Gasteiger partial charge in [0.15, 0.2) is 0 Å². The average molecular weight is 168 g/mol. The van der Waals surface area contributed by atoms with E-state index in [9.17, 15) is 0 Å². The zero-order chi connectivity index (χ0) is 8.39. The number of imidazole rings is 1. The molecule has 12 heavy (non-hydrogen) atoms. The van der Waals surface area contributed by atoms with Gasteiger partial charge in [-0.2, -0.15) is 0 Å². The SMILES string of the molecule is COc1ncc(C2CCCO2)[nH]1. The number of hydrogen-bond acceptors (Lipinski definition) is 3. The molecule has 0 aromatic carbocycles. The lowest BCUT2D eigenvalue weighted by Gasteiger charge is -2.04. The number of aromatic amines is 1. The average Bonchev–Trinajstić information content (AvgIpc) is 2.75. The Balaban J connectivity index is 2.11. The molecule has 0 radical (unpaired) electrons. The van der Waals surface area contributed by atoms with Crippen molar-refractivity contribution in [1.82, 2.24) is 9.97 Å². The van der Waals surface area contributed by atoms with Crippen molar-refractivity contribution in [2.45, 2.75) is 18.9 Å². The van der Waals surface area contributed by atoms with Gasteiger partial charge in [0.25, 0.3) is 6.01 Å². The Morgan fingerprint density at radius 2 is 2.67 bits per heavy atom. The van der Waals surface area contributed by atoms with Crippen molar-refractivity contribution in [1.29, 1.82) is 0 Å². The van der Waals surface area contributed by atoms with Gasteiger partial charge in [-0.05, 0) is 12.8 Å². The van der Waals surface area contributed by atoms with Crippen LogP contribution in [0, 0.1) is 0 Å². The lowest BCUT2D eigenvalue weighted by Crippen LogP contribution is -1.95. The van der Waals surface area contributed by atoms with E-state index in [4.69, 9.17) is 9.47 Å². The molecule has 1 N–H and O–H groups in total. The molecule has 0 aliphatic carbocycles. The number of ether oxygens (including phenoxy) is 2. The van der Waals surface area contributed by atoms with Crippen LogP contribution in [0.25, 0.3) is 0 Å². The maximum Gasteiger partial charge on any atom is 0.293 e. The lowest BCUT2D eigenvalue weighted by molar-refractivity contribution is 0.108. The normalized spacial score (nSPS) is 22.9. The number of nitrogens with zero attached hydrogens (tertiary/aromatic N) is 1. The number of hydrogen-bond donors (Lipinski definition) is 1. The third-order valence-electron chi connectivity index (χ3n) is 2.04. The van der Waals surface area contributed by atoms with Crippen LogP contribution in [0.3, 0.4) is 0 Å². The molecule has 1 aromatic rings. The van der Waals surface area contributed by atoms with Gasteiger partial charge in [-0.15, -0.1) is 0 Å². The van der Waals surface area contributed by atoms with Crippen LogP contribution in [0.15, 0.2) is 6.20 Å². The van der Waals surface area contributed by atoms with Crippen molar-refractivity contribution >= 4 is 0 Å². The summed E-state index contributed by atoms with van der Waals surface area (Å²) in [6.07, 6.45) is 4.17. The summed E-state index contributed by atoms with van der Waals surface area (Å²) in [5, 5.41) is 0. The highest BCUT2D eigenvalue weighted by molar-refractivity contribution is 5.08. The first-order valence-corrected chi connectivity index (χ1v) is 4.10. The fourth-order valence-corrected chi connectivity index (χ4v) is 1.41. The summed E-state index contributed by atoms with van der Waals surface area (Å²) in [4.78, 5) is 7.07. The largest absolute Gasteiger partial charge is 0.468 e. The quantitative estimate of drug-likeness (QED) is 0.723. The van der Waals surface area contributed by atoms with Crippen LogP contribution < -0.4 is 4.74 Å². The minimum absolute atomic E-state index is 0.196. The van der Waals surface area contributed by atoms with E-state index in [0.29, 0.717) is 6.01 Å². The van der Waals surface area contributed by atoms with Crippen LogP contribution in [0.2, 0.25) is 0 Å². The van der Waals surface area contributed by atoms with E-state index >= 15 is 0 Å². The summed E-state index contributed by atoms with van der Waals surface area (Å²) in [7, 11) is 1.60. The number of aromatic nitrogens is 2. The Hall–Kier alpha value is -1.03. The van der Waals surface area contributed by atoms with Gasteiger partial charge in [-0.25, -0.2) is 4.98 Å². The van der Waals surface area contributed by atoms with Crippen molar-refractivity contribution in [2.75, 3.05) is 13.7 Å². The third kappa shape index (κ3) is 1.30. The molecule has 66 valence electrons. The zero-order valence-electron chi connectivity index (χ0n) is 7.04. The van der Waals surface area contributed by atoms with Gasteiger partial charge in [0.1, 0.15) is 0 Å². The predicted octanol–water partition coefficient (Wildman–Crippen LogP) is 1.27. The van der Waals surface area contributed by atoms with Crippen molar-refractivity contribution in [3.8, 4) is 6.01 Å². The second-order valence-corrected chi connectivity index (χ2v) is 2.85. The van der Waals surface area contributed by atoms with Crippen molar-refractivity contribution in [3.05, 3.63) is 11.9 Å². The molecular weight excluding hydrogens is 156 g/mol. The van der Waals surface area contributed by atoms with Crippen LogP contribution in [0.5, 0.6) is 6.01 Å². The highest BCUT2D eigenvalue weighted by Crippen LogP contribution is 2.27. The van der Waals surface area contributed by atoms with Gasteiger partial charge in [-0.1, -0.05) is 0 Å². The Bertz CT molecular complexity index is 253. The smallest absolute Gasteiger partial charge is 0.293 e. The molecule has 1 aliphatic heterocycles. The van der Waals surface area contributed by atoms with Crippen LogP contribution >= 0.6 is 0 Å². The van der Waals surface area contributed by atoms with E-state index in [-0.39, 0.29) is 6.10 Å². The van der Waals surface area contributed by atoms with Gasteiger partial charge >= 0.3 is 0 Å². The maximum absolute atomic E-state index is 5.47. The first-order chi connectivity index (χ1) is 5.90. The number of H-pyrrole nitrogens is 1. The lowest BCUT2D eigenvalue weighted by atomic mass is 10.2. The van der Waals surface area contributed by atoms with Gasteiger partial charge in [0, 0.05) is 6.61 Å². The summed E-state index contributed by atoms with van der Waals surface area (Å²) in [6.45, 7) is 0.853. The van der Waals surface area contributed by atoms with Crippen molar-refractivity contribution < 1.29 is 9.47 Å². The molecule has 1 saturated heterocycles. The van der Waals surface area contributed by atoms with Crippen LogP contribution in [0.4, 0.5) is 0 Å². The molecular formula is C8H12N2O2. The predicted molar refractivity (Wildman–Crippen MR) is 43.1 cm³/mol. The topological polar surface area (TPSA) is 47.1 Å². The molecule has 1 fully saturated rings. The maximum atomic E-state index is 5.47. The van der Waals surface area contributed by atoms with E-state index in [0.717, 1.165) is 25.1 Å². The molecule has 2 rings (SSSR count). The number of nitrogens with one attached hydrogen (secondary N) is 1. The minimum atomic E-state index is 0.196. The molecule has 1 unspecified atom stereocenters. The molecule has 0 bridgehead atoms. The van der Waals surface area contributed by atoms with Gasteiger partial charge < -0.3 is 14.5 Å². The van der Waals surface area contributed by atoms with E-state index in [1.54, 1.807) is 13.3 Å². The molecule has 0 amide bonds. The molecule has 0 saturated carbocycles. The Morgan fingerprint density at radius 3 is 3.25 bits per heavy atom. The molecule has 0 spiro atoms. The van der Waals surface area contributed by atoms with Gasteiger partial charge in [0.2, 0.25) is 0 Å². The van der Waals surface area contributed by atoms with Crippen LogP contribution in [-0.4, -0.2) is 23.7 Å². The molecule has 2 heterocycles. The van der Waals surface area contributed by atoms with E-state index in [1.165, 1.54) is 0 Å². The summed E-state index contributed by atoms with van der Waals surface area (Å²) in [5.41, 5.74) is 1.02. The van der Waals surface area contributed by atoms with Gasteiger partial charge in [0.05, 0.1) is 25.1 Å². The second-order valence-electron chi connectivity index (χ2n) is 2.85. The summed E-state index contributed by atoms with van der Waals surface area (Å²) in [6, 6.07) is 0.556. The number of methoxy groups -OCH3 is 1. The zero-order valence-corrected chi connectivity index (χ0v) is 7.04. The minimum Gasteiger partial charge on any atom is -0.468 e. The summed E-state index contributed by atoms with van der Waals surface area (Å²) < 4.78 is 10.4. The second kappa shape index (κ2) is 3.15. The fourth-order valence-electron chi connectivity index (χ4n) is 1.41. The van der Waals surface area contributed by atoms with E-state index in [1.807, 2.05) is 0 Å². The summed E-state index contributed by atoms with van der Waals surface area (Å²) in [5.74, 6) is 0. The number of rotatable bonds is 2. The Morgan fingerprint density at radius 1 is 1.75 bits per heavy atom. The third-order valence-corrected chi connectivity index (χ3v) is 2.04. The molecule has 4 heteroatoms. The van der Waals surface area contributed by atoms with E-state index < -0.39 is 0 Å². The van der Waals surface area contributed by atoms with Crippen LogP contribution in [-0.2, 0) is 4.74 Å². The molecule has 4 nitrogen and oxygen atoms in total. The van der Waals surface area contributed by atoms with Crippen LogP contribution in [0.1, 0.15) is 24.6 Å². The summed E-state index contributed by atoms with van der Waals surface area (Å²) >= 11 is 0. The highest BCUT2D eigenvalue weighted by Gasteiger charge is 2.19. The Labute approximate surface area is 70.9 Å². The highest BCUT2D eigenvalue weighted by atomic mass is 16.5. The standard InChI is InChI=1S/C8H12N2O2/c1-11-8-9-5-6(10-8)7-3-2-4-12-7/h5,7H,2-4H2,1H3,(H,9,10). The Kier molecular flexibility index (Phi) is 1.99.